The molecule has 1 saturated heterocycles. The van der Waals surface area contributed by atoms with Gasteiger partial charge in [0, 0.05) is 25.6 Å². The van der Waals surface area contributed by atoms with Gasteiger partial charge in [0.05, 0.1) is 0 Å². The predicted molar refractivity (Wildman–Crippen MR) is 83.3 cm³/mol. The highest BCUT2D eigenvalue weighted by atomic mass is 16.2. The van der Waals surface area contributed by atoms with Gasteiger partial charge in [0.1, 0.15) is 0 Å². The monoisotopic (exact) mass is 280 g/mol. The Kier molecular flexibility index (Phi) is 5.88. The van der Waals surface area contributed by atoms with Crippen LogP contribution >= 0.6 is 0 Å². The van der Waals surface area contributed by atoms with Crippen molar-refractivity contribution in [2.45, 2.75) is 71.3 Å². The molecule has 2 N–H and O–H groups in total. The standard InChI is InChI=1S/C17H32N2O/c1-13(2)14-7-5-10-19(11-9-14)17(20)12-15-6-3-4-8-16(15)18/h13-16H,3-12,18H2,1-2H3. The van der Waals surface area contributed by atoms with Gasteiger partial charge in [0.25, 0.3) is 0 Å². The van der Waals surface area contributed by atoms with Gasteiger partial charge in [-0.1, -0.05) is 26.7 Å². The van der Waals surface area contributed by atoms with Gasteiger partial charge in [-0.05, 0) is 49.9 Å². The Labute approximate surface area is 124 Å². The van der Waals surface area contributed by atoms with E-state index in [9.17, 15) is 4.79 Å². The molecule has 2 aliphatic rings. The number of nitrogens with two attached hydrogens (primary N) is 1. The second kappa shape index (κ2) is 7.44. The molecule has 1 amide bonds. The zero-order valence-corrected chi connectivity index (χ0v) is 13.3. The summed E-state index contributed by atoms with van der Waals surface area (Å²) in [5, 5.41) is 0. The number of hydrogen-bond donors (Lipinski definition) is 1. The number of carbonyl (C=O) groups excluding carboxylic acids is 1. The predicted octanol–water partition coefficient (Wildman–Crippen LogP) is 3.18. The molecule has 0 aromatic carbocycles. The normalized spacial score (nSPS) is 32.2. The molecule has 3 nitrogen and oxygen atoms in total. The van der Waals surface area contributed by atoms with Gasteiger partial charge in [-0.25, -0.2) is 0 Å². The highest BCUT2D eigenvalue weighted by Crippen LogP contribution is 2.28. The summed E-state index contributed by atoms with van der Waals surface area (Å²) in [4.78, 5) is 14.6. The number of nitrogens with zero attached hydrogens (tertiary/aromatic N) is 1. The summed E-state index contributed by atoms with van der Waals surface area (Å²) in [6.07, 6.45) is 9.07. The van der Waals surface area contributed by atoms with Crippen molar-refractivity contribution in [2.24, 2.45) is 23.5 Å². The molecule has 3 unspecified atom stereocenters. The highest BCUT2D eigenvalue weighted by molar-refractivity contribution is 5.76. The Bertz CT molecular complexity index is 316. The van der Waals surface area contributed by atoms with E-state index in [4.69, 9.17) is 5.73 Å². The summed E-state index contributed by atoms with van der Waals surface area (Å²) < 4.78 is 0. The number of likely N-dealkylation sites (tertiary alicyclic amines) is 1. The second-order valence-electron chi connectivity index (χ2n) is 7.23. The lowest BCUT2D eigenvalue weighted by molar-refractivity contribution is -0.132. The van der Waals surface area contributed by atoms with Gasteiger partial charge < -0.3 is 10.6 Å². The van der Waals surface area contributed by atoms with Crippen molar-refractivity contribution in [1.29, 1.82) is 0 Å². The van der Waals surface area contributed by atoms with E-state index in [1.165, 1.54) is 32.1 Å². The minimum Gasteiger partial charge on any atom is -0.343 e. The maximum atomic E-state index is 12.5. The van der Waals surface area contributed by atoms with Gasteiger partial charge in [-0.3, -0.25) is 4.79 Å². The van der Waals surface area contributed by atoms with Crippen LogP contribution in [0.1, 0.15) is 65.2 Å². The van der Waals surface area contributed by atoms with E-state index in [-0.39, 0.29) is 6.04 Å². The molecule has 116 valence electrons. The fourth-order valence-electron chi connectivity index (χ4n) is 3.88. The van der Waals surface area contributed by atoms with Crippen molar-refractivity contribution in [3.8, 4) is 0 Å². The van der Waals surface area contributed by atoms with Crippen LogP contribution in [0.25, 0.3) is 0 Å². The smallest absolute Gasteiger partial charge is 0.222 e. The number of hydrogen-bond acceptors (Lipinski definition) is 2. The van der Waals surface area contributed by atoms with Gasteiger partial charge in [-0.2, -0.15) is 0 Å². The third kappa shape index (κ3) is 4.21. The first-order valence-electron chi connectivity index (χ1n) is 8.61. The second-order valence-corrected chi connectivity index (χ2v) is 7.23. The van der Waals surface area contributed by atoms with Crippen LogP contribution in [0.5, 0.6) is 0 Å². The summed E-state index contributed by atoms with van der Waals surface area (Å²) in [6, 6.07) is 0.253. The molecule has 0 aromatic rings. The van der Waals surface area contributed by atoms with Crippen molar-refractivity contribution in [1.82, 2.24) is 4.90 Å². The molecule has 0 spiro atoms. The molecular formula is C17H32N2O. The third-order valence-corrected chi connectivity index (χ3v) is 5.47. The third-order valence-electron chi connectivity index (χ3n) is 5.47. The Morgan fingerprint density at radius 2 is 1.85 bits per heavy atom. The van der Waals surface area contributed by atoms with Gasteiger partial charge in [0.15, 0.2) is 0 Å². The summed E-state index contributed by atoms with van der Waals surface area (Å²) in [5.74, 6) is 2.33. The van der Waals surface area contributed by atoms with Gasteiger partial charge >= 0.3 is 0 Å². The lowest BCUT2D eigenvalue weighted by Gasteiger charge is -2.30. The molecule has 0 radical (unpaired) electrons. The van der Waals surface area contributed by atoms with Crippen LogP contribution in [0.2, 0.25) is 0 Å². The fourth-order valence-corrected chi connectivity index (χ4v) is 3.88. The van der Waals surface area contributed by atoms with Crippen LogP contribution in [0.3, 0.4) is 0 Å². The summed E-state index contributed by atoms with van der Waals surface area (Å²) in [5.41, 5.74) is 6.18. The van der Waals surface area contributed by atoms with Crippen molar-refractivity contribution in [3.05, 3.63) is 0 Å². The van der Waals surface area contributed by atoms with Crippen LogP contribution in [0, 0.1) is 17.8 Å². The van der Waals surface area contributed by atoms with E-state index >= 15 is 0 Å². The Hall–Kier alpha value is -0.570. The van der Waals surface area contributed by atoms with Crippen molar-refractivity contribution < 1.29 is 4.79 Å². The average Bonchev–Trinajstić information content (AvgIpc) is 2.67. The Balaban J connectivity index is 1.83. The van der Waals surface area contributed by atoms with E-state index in [1.54, 1.807) is 0 Å². The minimum atomic E-state index is 0.253. The Morgan fingerprint density at radius 3 is 2.55 bits per heavy atom. The molecule has 3 atom stereocenters. The first-order valence-corrected chi connectivity index (χ1v) is 8.61. The van der Waals surface area contributed by atoms with Gasteiger partial charge in [0.2, 0.25) is 5.91 Å². The molecular weight excluding hydrogens is 248 g/mol. The van der Waals surface area contributed by atoms with E-state index in [1.807, 2.05) is 0 Å². The lowest BCUT2D eigenvalue weighted by Crippen LogP contribution is -2.39. The number of amides is 1. The van der Waals surface area contributed by atoms with Crippen molar-refractivity contribution in [3.63, 3.8) is 0 Å². The van der Waals surface area contributed by atoms with Crippen molar-refractivity contribution >= 4 is 5.91 Å². The minimum absolute atomic E-state index is 0.253. The summed E-state index contributed by atoms with van der Waals surface area (Å²) >= 11 is 0. The molecule has 3 heteroatoms. The quantitative estimate of drug-likeness (QED) is 0.863. The van der Waals surface area contributed by atoms with E-state index in [0.717, 1.165) is 37.8 Å². The van der Waals surface area contributed by atoms with Crippen molar-refractivity contribution in [2.75, 3.05) is 13.1 Å². The van der Waals surface area contributed by atoms with Gasteiger partial charge in [-0.15, -0.1) is 0 Å². The molecule has 2 rings (SSSR count). The lowest BCUT2D eigenvalue weighted by atomic mass is 9.82. The Morgan fingerprint density at radius 1 is 1.10 bits per heavy atom. The summed E-state index contributed by atoms with van der Waals surface area (Å²) in [6.45, 7) is 6.54. The fraction of sp³-hybridized carbons (Fsp3) is 0.941. The average molecular weight is 280 g/mol. The number of carbonyl (C=O) groups is 1. The highest BCUT2D eigenvalue weighted by Gasteiger charge is 2.28. The zero-order valence-electron chi connectivity index (χ0n) is 13.3. The van der Waals surface area contributed by atoms with Crippen LogP contribution in [-0.2, 0) is 4.79 Å². The maximum absolute atomic E-state index is 12.5. The first-order chi connectivity index (χ1) is 9.58. The van der Waals surface area contributed by atoms with Crippen LogP contribution < -0.4 is 5.73 Å². The van der Waals surface area contributed by atoms with E-state index < -0.39 is 0 Å². The number of rotatable bonds is 3. The topological polar surface area (TPSA) is 46.3 Å². The van der Waals surface area contributed by atoms with E-state index in [0.29, 0.717) is 18.2 Å². The van der Waals surface area contributed by atoms with E-state index in [2.05, 4.69) is 18.7 Å². The van der Waals surface area contributed by atoms with Crippen LogP contribution in [-0.4, -0.2) is 29.9 Å². The molecule has 0 bridgehead atoms. The van der Waals surface area contributed by atoms with Crippen LogP contribution in [0.15, 0.2) is 0 Å². The summed E-state index contributed by atoms with van der Waals surface area (Å²) in [7, 11) is 0. The molecule has 0 aromatic heterocycles. The molecule has 1 aliphatic heterocycles. The van der Waals surface area contributed by atoms with Crippen LogP contribution in [0.4, 0.5) is 0 Å². The molecule has 2 fully saturated rings. The first kappa shape index (κ1) is 15.8. The molecule has 20 heavy (non-hydrogen) atoms. The molecule has 1 heterocycles. The SMILES string of the molecule is CC(C)C1CCCN(C(=O)CC2CCCCC2N)CC1. The zero-order chi connectivity index (χ0) is 14.5. The largest absolute Gasteiger partial charge is 0.343 e. The molecule has 1 saturated carbocycles. The maximum Gasteiger partial charge on any atom is 0.222 e. The molecule has 1 aliphatic carbocycles.